The van der Waals surface area contributed by atoms with E-state index in [1.807, 2.05) is 0 Å². The molecule has 4 rings (SSSR count). The number of nitrogens with zero attached hydrogens (tertiary/aromatic N) is 5. The van der Waals surface area contributed by atoms with Crippen molar-refractivity contribution in [3.63, 3.8) is 0 Å². The van der Waals surface area contributed by atoms with Crippen LogP contribution in [0, 0.1) is 0 Å². The van der Waals surface area contributed by atoms with Gasteiger partial charge in [-0.1, -0.05) is 5.16 Å². The first-order valence-electron chi connectivity index (χ1n) is 8.46. The summed E-state index contributed by atoms with van der Waals surface area (Å²) in [6.45, 7) is -3.24. The van der Waals surface area contributed by atoms with E-state index in [9.17, 15) is 13.6 Å². The SMILES string of the molecule is COc1cc(-c2noc(COC(=O)c3ccc4nncn4c3)n2)ccc1OC(F)F. The molecule has 3 aromatic heterocycles. The van der Waals surface area contributed by atoms with Crippen molar-refractivity contribution >= 4 is 11.6 Å². The number of aromatic nitrogens is 5. The van der Waals surface area contributed by atoms with Crippen molar-refractivity contribution in [1.29, 1.82) is 0 Å². The first kappa shape index (κ1) is 19.2. The maximum absolute atomic E-state index is 12.4. The Morgan fingerprint density at radius 1 is 1.23 bits per heavy atom. The Balaban J connectivity index is 1.44. The van der Waals surface area contributed by atoms with E-state index in [-0.39, 0.29) is 29.8 Å². The Morgan fingerprint density at radius 3 is 2.90 bits per heavy atom. The van der Waals surface area contributed by atoms with Gasteiger partial charge in [0, 0.05) is 11.8 Å². The molecular formula is C18H13F2N5O5. The van der Waals surface area contributed by atoms with E-state index in [4.69, 9.17) is 14.0 Å². The van der Waals surface area contributed by atoms with Gasteiger partial charge in [-0.15, -0.1) is 10.2 Å². The van der Waals surface area contributed by atoms with Crippen molar-refractivity contribution < 1.29 is 32.3 Å². The van der Waals surface area contributed by atoms with Gasteiger partial charge in [-0.3, -0.25) is 4.40 Å². The van der Waals surface area contributed by atoms with Gasteiger partial charge in [-0.05, 0) is 30.3 Å². The highest BCUT2D eigenvalue weighted by molar-refractivity contribution is 5.89. The number of benzene rings is 1. The predicted molar refractivity (Wildman–Crippen MR) is 95.0 cm³/mol. The Hall–Kier alpha value is -4.09. The highest BCUT2D eigenvalue weighted by atomic mass is 19.3. The van der Waals surface area contributed by atoms with Gasteiger partial charge < -0.3 is 18.7 Å². The molecule has 0 radical (unpaired) electrons. The molecular weight excluding hydrogens is 404 g/mol. The zero-order valence-corrected chi connectivity index (χ0v) is 15.4. The van der Waals surface area contributed by atoms with E-state index in [0.29, 0.717) is 16.8 Å². The predicted octanol–water partition coefficient (Wildman–Crippen LogP) is 2.75. The Kier molecular flexibility index (Phi) is 5.20. The molecule has 3 heterocycles. The second-order valence-corrected chi connectivity index (χ2v) is 5.85. The molecule has 0 spiro atoms. The summed E-state index contributed by atoms with van der Waals surface area (Å²) in [6, 6.07) is 7.38. The van der Waals surface area contributed by atoms with Crippen LogP contribution in [0.15, 0.2) is 47.4 Å². The van der Waals surface area contributed by atoms with Crippen LogP contribution in [0.5, 0.6) is 11.5 Å². The number of hydrogen-bond acceptors (Lipinski definition) is 9. The van der Waals surface area contributed by atoms with Gasteiger partial charge in [0.2, 0.25) is 5.82 Å². The molecule has 1 aromatic carbocycles. The number of esters is 1. The van der Waals surface area contributed by atoms with E-state index in [1.54, 1.807) is 16.5 Å². The zero-order chi connectivity index (χ0) is 21.1. The summed E-state index contributed by atoms with van der Waals surface area (Å²) in [5.41, 5.74) is 1.32. The summed E-state index contributed by atoms with van der Waals surface area (Å²) < 4.78 is 46.1. The normalized spacial score (nSPS) is 11.1. The number of methoxy groups -OCH3 is 1. The van der Waals surface area contributed by atoms with Gasteiger partial charge in [-0.2, -0.15) is 13.8 Å². The number of carbonyl (C=O) groups excluding carboxylic acids is 1. The molecule has 30 heavy (non-hydrogen) atoms. The number of hydrogen-bond donors (Lipinski definition) is 0. The van der Waals surface area contributed by atoms with Crippen molar-refractivity contribution in [1.82, 2.24) is 24.7 Å². The van der Waals surface area contributed by atoms with Crippen molar-refractivity contribution in [2.45, 2.75) is 13.2 Å². The van der Waals surface area contributed by atoms with Gasteiger partial charge >= 0.3 is 12.6 Å². The lowest BCUT2D eigenvalue weighted by molar-refractivity contribution is -0.0512. The molecule has 0 aliphatic heterocycles. The number of alkyl halides is 2. The molecule has 0 aliphatic carbocycles. The lowest BCUT2D eigenvalue weighted by Gasteiger charge is -2.10. The quantitative estimate of drug-likeness (QED) is 0.419. The first-order valence-corrected chi connectivity index (χ1v) is 8.46. The monoisotopic (exact) mass is 417 g/mol. The number of carbonyl (C=O) groups is 1. The summed E-state index contributed by atoms with van der Waals surface area (Å²) >= 11 is 0. The van der Waals surface area contributed by atoms with Crippen LogP contribution in [0.2, 0.25) is 0 Å². The van der Waals surface area contributed by atoms with Crippen LogP contribution >= 0.6 is 0 Å². The average Bonchev–Trinajstić information content (AvgIpc) is 3.40. The minimum absolute atomic E-state index is 0.0515. The summed E-state index contributed by atoms with van der Waals surface area (Å²) in [7, 11) is 1.32. The van der Waals surface area contributed by atoms with Gasteiger partial charge in [0.25, 0.3) is 5.89 Å². The Labute approximate surface area is 167 Å². The van der Waals surface area contributed by atoms with Crippen LogP contribution < -0.4 is 9.47 Å². The minimum Gasteiger partial charge on any atom is -0.493 e. The fourth-order valence-electron chi connectivity index (χ4n) is 2.59. The van der Waals surface area contributed by atoms with Gasteiger partial charge in [-0.25, -0.2) is 4.79 Å². The molecule has 0 aliphatic rings. The third-order valence-electron chi connectivity index (χ3n) is 3.96. The van der Waals surface area contributed by atoms with Crippen molar-refractivity contribution in [2.24, 2.45) is 0 Å². The molecule has 0 unspecified atom stereocenters. The second kappa shape index (κ2) is 8.11. The fourth-order valence-corrected chi connectivity index (χ4v) is 2.59. The maximum atomic E-state index is 12.4. The van der Waals surface area contributed by atoms with E-state index >= 15 is 0 Å². The first-order chi connectivity index (χ1) is 14.5. The minimum atomic E-state index is -2.98. The summed E-state index contributed by atoms with van der Waals surface area (Å²) in [5.74, 6) is -0.432. The number of ether oxygens (including phenoxy) is 3. The van der Waals surface area contributed by atoms with E-state index in [0.717, 1.165) is 0 Å². The largest absolute Gasteiger partial charge is 0.493 e. The molecule has 0 bridgehead atoms. The molecule has 0 atom stereocenters. The number of rotatable bonds is 7. The second-order valence-electron chi connectivity index (χ2n) is 5.85. The Bertz CT molecular complexity index is 1190. The van der Waals surface area contributed by atoms with Gasteiger partial charge in [0.1, 0.15) is 6.33 Å². The summed E-state index contributed by atoms with van der Waals surface area (Å²) in [4.78, 5) is 16.3. The summed E-state index contributed by atoms with van der Waals surface area (Å²) in [5, 5.41) is 11.4. The third kappa shape index (κ3) is 4.01. The van der Waals surface area contributed by atoms with E-state index in [2.05, 4.69) is 25.1 Å². The smallest absolute Gasteiger partial charge is 0.387 e. The van der Waals surface area contributed by atoms with Crippen LogP contribution in [0.1, 0.15) is 16.2 Å². The standard InChI is InChI=1S/C18H13F2N5O5/c1-27-13-6-10(2-4-12(13)29-18(19)20)16-22-15(30-24-16)8-28-17(26)11-3-5-14-23-21-9-25(14)7-11/h2-7,9,18H,8H2,1H3. The molecule has 0 saturated carbocycles. The average molecular weight is 417 g/mol. The lowest BCUT2D eigenvalue weighted by Crippen LogP contribution is -2.06. The summed E-state index contributed by atoms with van der Waals surface area (Å²) in [6.07, 6.45) is 2.99. The van der Waals surface area contributed by atoms with Crippen molar-refractivity contribution in [3.05, 3.63) is 54.3 Å². The van der Waals surface area contributed by atoms with E-state index < -0.39 is 12.6 Å². The molecule has 154 valence electrons. The molecule has 0 fully saturated rings. The van der Waals surface area contributed by atoms with Crippen molar-refractivity contribution in [2.75, 3.05) is 7.11 Å². The van der Waals surface area contributed by atoms with Crippen LogP contribution in [-0.4, -0.2) is 44.4 Å². The molecule has 0 saturated heterocycles. The molecule has 10 nitrogen and oxygen atoms in total. The Morgan fingerprint density at radius 2 is 2.10 bits per heavy atom. The number of fused-ring (bicyclic) bond motifs is 1. The van der Waals surface area contributed by atoms with E-state index in [1.165, 1.54) is 37.8 Å². The van der Waals surface area contributed by atoms with Crippen molar-refractivity contribution in [3.8, 4) is 22.9 Å². The molecule has 0 amide bonds. The fraction of sp³-hybridized carbons (Fsp3) is 0.167. The molecule has 4 aromatic rings. The van der Waals surface area contributed by atoms with Gasteiger partial charge in [0.15, 0.2) is 23.8 Å². The highest BCUT2D eigenvalue weighted by Crippen LogP contribution is 2.32. The lowest BCUT2D eigenvalue weighted by atomic mass is 10.2. The van der Waals surface area contributed by atoms with Crippen LogP contribution in [0.3, 0.4) is 0 Å². The topological polar surface area (TPSA) is 114 Å². The molecule has 0 N–H and O–H groups in total. The maximum Gasteiger partial charge on any atom is 0.387 e. The molecule has 12 heteroatoms. The number of pyridine rings is 1. The van der Waals surface area contributed by atoms with Crippen LogP contribution in [0.25, 0.3) is 17.0 Å². The zero-order valence-electron chi connectivity index (χ0n) is 15.4. The van der Waals surface area contributed by atoms with Gasteiger partial charge in [0.05, 0.1) is 12.7 Å². The van der Waals surface area contributed by atoms with Crippen LogP contribution in [0.4, 0.5) is 8.78 Å². The third-order valence-corrected chi connectivity index (χ3v) is 3.96. The highest BCUT2D eigenvalue weighted by Gasteiger charge is 2.16. The number of halogens is 2. The van der Waals surface area contributed by atoms with Crippen LogP contribution in [-0.2, 0) is 11.3 Å².